The van der Waals surface area contributed by atoms with Gasteiger partial charge in [0.25, 0.3) is 6.43 Å². The van der Waals surface area contributed by atoms with Gasteiger partial charge in [0.15, 0.2) is 0 Å². The smallest absolute Gasteiger partial charge is 0.280 e. The second kappa shape index (κ2) is 4.50. The first-order chi connectivity index (χ1) is 6.52. The van der Waals surface area contributed by atoms with E-state index in [0.29, 0.717) is 12.1 Å². The minimum atomic E-state index is -2.47. The van der Waals surface area contributed by atoms with Gasteiger partial charge < -0.3 is 5.32 Å². The van der Waals surface area contributed by atoms with E-state index in [1.54, 1.807) is 0 Å². The fraction of sp³-hybridized carbons (Fsp3) is 0.667. The number of aromatic nitrogens is 2. The zero-order chi connectivity index (χ0) is 10.7. The van der Waals surface area contributed by atoms with E-state index in [1.807, 2.05) is 13.8 Å². The Labute approximate surface area is 82.1 Å². The van der Waals surface area contributed by atoms with Gasteiger partial charge in [-0.25, -0.2) is 8.78 Å². The van der Waals surface area contributed by atoms with Crippen molar-refractivity contribution in [3.8, 4) is 0 Å². The molecule has 1 rings (SSSR count). The van der Waals surface area contributed by atoms with Gasteiger partial charge in [-0.1, -0.05) is 13.8 Å². The molecule has 0 radical (unpaired) electrons. The molecule has 0 aliphatic heterocycles. The van der Waals surface area contributed by atoms with Crippen LogP contribution in [0.3, 0.4) is 0 Å². The third-order valence-electron chi connectivity index (χ3n) is 1.97. The van der Waals surface area contributed by atoms with E-state index in [1.165, 1.54) is 17.9 Å². The highest BCUT2D eigenvalue weighted by Crippen LogP contribution is 2.21. The SMILES string of the molecule is CC(C)NCc1cnn(C)c1C(F)F. The molecule has 0 aliphatic rings. The lowest BCUT2D eigenvalue weighted by Crippen LogP contribution is -2.22. The normalized spacial score (nSPS) is 11.6. The first-order valence-corrected chi connectivity index (χ1v) is 4.54. The van der Waals surface area contributed by atoms with Crippen molar-refractivity contribution < 1.29 is 8.78 Å². The van der Waals surface area contributed by atoms with Gasteiger partial charge in [0.05, 0.1) is 6.20 Å². The minimum absolute atomic E-state index is 0.00171. The topological polar surface area (TPSA) is 29.9 Å². The molecule has 0 aliphatic carbocycles. The molecule has 14 heavy (non-hydrogen) atoms. The Morgan fingerprint density at radius 1 is 1.50 bits per heavy atom. The van der Waals surface area contributed by atoms with Crippen LogP contribution in [0.4, 0.5) is 8.78 Å². The van der Waals surface area contributed by atoms with Crippen molar-refractivity contribution in [2.45, 2.75) is 32.9 Å². The lowest BCUT2D eigenvalue weighted by atomic mass is 10.2. The maximum Gasteiger partial charge on any atom is 0.280 e. The van der Waals surface area contributed by atoms with Crippen LogP contribution in [0.15, 0.2) is 6.20 Å². The highest BCUT2D eigenvalue weighted by molar-refractivity contribution is 5.18. The molecular formula is C9H15F2N3. The van der Waals surface area contributed by atoms with Crippen molar-refractivity contribution in [2.24, 2.45) is 7.05 Å². The lowest BCUT2D eigenvalue weighted by Gasteiger charge is -2.08. The van der Waals surface area contributed by atoms with Crippen molar-refractivity contribution in [3.63, 3.8) is 0 Å². The van der Waals surface area contributed by atoms with Crippen LogP contribution in [-0.4, -0.2) is 15.8 Å². The zero-order valence-electron chi connectivity index (χ0n) is 8.59. The van der Waals surface area contributed by atoms with Crippen LogP contribution < -0.4 is 5.32 Å². The largest absolute Gasteiger partial charge is 0.310 e. The molecule has 1 aromatic rings. The van der Waals surface area contributed by atoms with Crippen LogP contribution in [0.25, 0.3) is 0 Å². The predicted octanol–water partition coefficient (Wildman–Crippen LogP) is 1.86. The fourth-order valence-electron chi connectivity index (χ4n) is 1.22. The van der Waals surface area contributed by atoms with Gasteiger partial charge in [0.1, 0.15) is 5.69 Å². The summed E-state index contributed by atoms with van der Waals surface area (Å²) in [4.78, 5) is 0. The molecule has 1 N–H and O–H groups in total. The molecule has 0 unspecified atom stereocenters. The average molecular weight is 203 g/mol. The van der Waals surface area contributed by atoms with Crippen LogP contribution in [0, 0.1) is 0 Å². The molecule has 0 bridgehead atoms. The van der Waals surface area contributed by atoms with Gasteiger partial charge in [-0.2, -0.15) is 5.10 Å². The second-order valence-corrected chi connectivity index (χ2v) is 3.51. The summed E-state index contributed by atoms with van der Waals surface area (Å²) >= 11 is 0. The van der Waals surface area contributed by atoms with Crippen molar-refractivity contribution >= 4 is 0 Å². The second-order valence-electron chi connectivity index (χ2n) is 3.51. The molecule has 80 valence electrons. The van der Waals surface area contributed by atoms with Crippen molar-refractivity contribution in [3.05, 3.63) is 17.5 Å². The van der Waals surface area contributed by atoms with E-state index in [9.17, 15) is 8.78 Å². The van der Waals surface area contributed by atoms with Crippen molar-refractivity contribution in [1.29, 1.82) is 0 Å². The Morgan fingerprint density at radius 3 is 2.64 bits per heavy atom. The molecule has 0 saturated heterocycles. The van der Waals surface area contributed by atoms with Crippen LogP contribution in [0.5, 0.6) is 0 Å². The zero-order valence-corrected chi connectivity index (χ0v) is 8.59. The molecule has 0 fully saturated rings. The van der Waals surface area contributed by atoms with Crippen LogP contribution in [0.2, 0.25) is 0 Å². The Balaban J connectivity index is 2.76. The van der Waals surface area contributed by atoms with Crippen molar-refractivity contribution in [2.75, 3.05) is 0 Å². The quantitative estimate of drug-likeness (QED) is 0.809. The van der Waals surface area contributed by atoms with E-state index in [-0.39, 0.29) is 11.7 Å². The number of hydrogen-bond acceptors (Lipinski definition) is 2. The molecule has 0 atom stereocenters. The average Bonchev–Trinajstić information content (AvgIpc) is 2.43. The van der Waals surface area contributed by atoms with Gasteiger partial charge in [-0.15, -0.1) is 0 Å². The number of nitrogens with one attached hydrogen (secondary N) is 1. The first kappa shape index (κ1) is 11.1. The van der Waals surface area contributed by atoms with E-state index >= 15 is 0 Å². The highest BCUT2D eigenvalue weighted by atomic mass is 19.3. The maximum atomic E-state index is 12.6. The van der Waals surface area contributed by atoms with Crippen molar-refractivity contribution in [1.82, 2.24) is 15.1 Å². The lowest BCUT2D eigenvalue weighted by molar-refractivity contribution is 0.139. The number of nitrogens with zero attached hydrogens (tertiary/aromatic N) is 2. The van der Waals surface area contributed by atoms with E-state index < -0.39 is 6.43 Å². The first-order valence-electron chi connectivity index (χ1n) is 4.54. The molecular weight excluding hydrogens is 188 g/mol. The maximum absolute atomic E-state index is 12.6. The molecule has 1 aromatic heterocycles. The van der Waals surface area contributed by atoms with Gasteiger partial charge in [-0.3, -0.25) is 4.68 Å². The molecule has 0 aromatic carbocycles. The molecule has 0 amide bonds. The summed E-state index contributed by atoms with van der Waals surface area (Å²) in [7, 11) is 1.53. The Kier molecular flexibility index (Phi) is 3.57. The Morgan fingerprint density at radius 2 is 2.14 bits per heavy atom. The Hall–Kier alpha value is -0.970. The number of aryl methyl sites for hydroxylation is 1. The minimum Gasteiger partial charge on any atom is -0.310 e. The van der Waals surface area contributed by atoms with Gasteiger partial charge in [0.2, 0.25) is 0 Å². The number of rotatable bonds is 4. The summed E-state index contributed by atoms with van der Waals surface area (Å²) in [6.07, 6.45) is -0.983. The molecule has 1 heterocycles. The van der Waals surface area contributed by atoms with Crippen LogP contribution in [-0.2, 0) is 13.6 Å². The highest BCUT2D eigenvalue weighted by Gasteiger charge is 2.17. The molecule has 5 heteroatoms. The van der Waals surface area contributed by atoms with E-state index in [0.717, 1.165) is 0 Å². The monoisotopic (exact) mass is 203 g/mol. The molecule has 3 nitrogen and oxygen atoms in total. The Bertz CT molecular complexity index is 294. The van der Waals surface area contributed by atoms with Crippen LogP contribution >= 0.6 is 0 Å². The standard InChI is InChI=1S/C9H15F2N3/c1-6(2)12-4-7-5-13-14(3)8(7)9(10)11/h5-6,9,12H,4H2,1-3H3. The number of alkyl halides is 2. The number of halogens is 2. The van der Waals surface area contributed by atoms with Gasteiger partial charge in [0, 0.05) is 25.2 Å². The predicted molar refractivity (Wildman–Crippen MR) is 50.1 cm³/mol. The fourth-order valence-corrected chi connectivity index (χ4v) is 1.22. The van der Waals surface area contributed by atoms with Gasteiger partial charge in [-0.05, 0) is 0 Å². The number of hydrogen-bond donors (Lipinski definition) is 1. The summed E-state index contributed by atoms with van der Waals surface area (Å²) < 4.78 is 26.3. The molecule has 0 spiro atoms. The van der Waals surface area contributed by atoms with Gasteiger partial charge >= 0.3 is 0 Å². The van der Waals surface area contributed by atoms with E-state index in [2.05, 4.69) is 10.4 Å². The third kappa shape index (κ3) is 2.51. The third-order valence-corrected chi connectivity index (χ3v) is 1.97. The summed E-state index contributed by atoms with van der Waals surface area (Å²) in [5.41, 5.74) is 0.564. The summed E-state index contributed by atoms with van der Waals surface area (Å²) in [6.45, 7) is 4.38. The molecule has 0 saturated carbocycles. The summed E-state index contributed by atoms with van der Waals surface area (Å²) in [5, 5.41) is 6.90. The van der Waals surface area contributed by atoms with Crippen LogP contribution in [0.1, 0.15) is 31.5 Å². The van der Waals surface area contributed by atoms with E-state index in [4.69, 9.17) is 0 Å². The summed E-state index contributed by atoms with van der Waals surface area (Å²) in [5.74, 6) is 0. The summed E-state index contributed by atoms with van der Waals surface area (Å²) in [6, 6.07) is 0.278.